The molecule has 0 radical (unpaired) electrons. The number of nitrogens with one attached hydrogen (secondary N) is 2. The zero-order valence-electron chi connectivity index (χ0n) is 16.8. The summed E-state index contributed by atoms with van der Waals surface area (Å²) < 4.78 is 6.78. The zero-order valence-corrected chi connectivity index (χ0v) is 19.0. The average Bonchev–Trinajstić information content (AvgIpc) is 3.22. The Balaban J connectivity index is 1.53. The van der Waals surface area contributed by atoms with Crippen molar-refractivity contribution in [1.82, 2.24) is 20.5 Å². The second-order valence-corrected chi connectivity index (χ2v) is 9.52. The van der Waals surface area contributed by atoms with Crippen LogP contribution >= 0.6 is 22.6 Å². The van der Waals surface area contributed by atoms with Crippen LogP contribution in [0.3, 0.4) is 0 Å². The first kappa shape index (κ1) is 19.3. The average molecular weight is 510 g/mol. The minimum absolute atomic E-state index is 0.0848. The lowest BCUT2D eigenvalue weighted by molar-refractivity contribution is -0.125. The normalized spacial score (nSPS) is 29.5. The lowest BCUT2D eigenvalue weighted by Gasteiger charge is -2.40. The predicted octanol–water partition coefficient (Wildman–Crippen LogP) is 2.28. The second-order valence-electron chi connectivity index (χ2n) is 8.44. The van der Waals surface area contributed by atoms with Gasteiger partial charge in [-0.25, -0.2) is 4.98 Å². The van der Waals surface area contributed by atoms with Gasteiger partial charge in [-0.15, -0.1) is 0 Å². The quantitative estimate of drug-likeness (QED) is 0.617. The molecule has 8 nitrogen and oxygen atoms in total. The van der Waals surface area contributed by atoms with E-state index in [1.807, 2.05) is 0 Å². The van der Waals surface area contributed by atoms with Crippen molar-refractivity contribution in [1.29, 1.82) is 0 Å². The number of morpholine rings is 1. The first-order valence-corrected chi connectivity index (χ1v) is 11.5. The van der Waals surface area contributed by atoms with E-state index >= 15 is 0 Å². The van der Waals surface area contributed by atoms with Gasteiger partial charge in [0.25, 0.3) is 0 Å². The number of aromatic nitrogens is 3. The predicted molar refractivity (Wildman–Crippen MR) is 120 cm³/mol. The van der Waals surface area contributed by atoms with Crippen LogP contribution in [0.15, 0.2) is 6.07 Å². The minimum Gasteiger partial charge on any atom is -0.377 e. The molecule has 3 saturated heterocycles. The number of carbonyl (C=O) groups excluding carboxylic acids is 1. The van der Waals surface area contributed by atoms with Gasteiger partial charge in [0, 0.05) is 31.6 Å². The third kappa shape index (κ3) is 3.26. The number of amides is 1. The highest BCUT2D eigenvalue weighted by atomic mass is 127. The number of anilines is 2. The molecule has 156 valence electrons. The summed E-state index contributed by atoms with van der Waals surface area (Å²) in [7, 11) is 1.72. The number of carbonyl (C=O) groups is 1. The number of ether oxygens (including phenoxy) is 1. The maximum atomic E-state index is 12.1. The van der Waals surface area contributed by atoms with Crippen molar-refractivity contribution in [3.63, 3.8) is 0 Å². The van der Waals surface area contributed by atoms with E-state index in [1.54, 1.807) is 7.05 Å². The molecule has 0 aromatic carbocycles. The fraction of sp³-hybridized carbons (Fsp3) is 0.650. The topological polar surface area (TPSA) is 86.4 Å². The third-order valence-electron chi connectivity index (χ3n) is 6.75. The Morgan fingerprint density at radius 1 is 1.31 bits per heavy atom. The number of halogens is 1. The molecule has 0 spiro atoms. The van der Waals surface area contributed by atoms with Crippen molar-refractivity contribution < 1.29 is 9.53 Å². The van der Waals surface area contributed by atoms with Crippen molar-refractivity contribution >= 4 is 51.0 Å². The van der Waals surface area contributed by atoms with E-state index in [4.69, 9.17) is 9.72 Å². The summed E-state index contributed by atoms with van der Waals surface area (Å²) >= 11 is 2.31. The first-order valence-electron chi connectivity index (χ1n) is 10.5. The first-order chi connectivity index (χ1) is 14.1. The van der Waals surface area contributed by atoms with E-state index in [2.05, 4.69) is 60.9 Å². The van der Waals surface area contributed by atoms with Gasteiger partial charge in [0.05, 0.1) is 36.4 Å². The number of hydrogen-bond donors (Lipinski definition) is 2. The number of H-pyrrole nitrogens is 1. The molecule has 2 aromatic rings. The van der Waals surface area contributed by atoms with Crippen LogP contribution in [-0.2, 0) is 9.53 Å². The number of hydrogen-bond acceptors (Lipinski definition) is 6. The molecule has 0 saturated carbocycles. The second kappa shape index (κ2) is 7.57. The number of fused-ring (bicyclic) bond motifs is 3. The maximum Gasteiger partial charge on any atom is 0.222 e. The van der Waals surface area contributed by atoms with Gasteiger partial charge in [0.1, 0.15) is 9.52 Å². The van der Waals surface area contributed by atoms with E-state index in [1.165, 1.54) is 5.69 Å². The van der Waals surface area contributed by atoms with Gasteiger partial charge in [-0.2, -0.15) is 5.10 Å². The molecule has 2 N–H and O–H groups in total. The summed E-state index contributed by atoms with van der Waals surface area (Å²) in [5.41, 5.74) is 1.95. The zero-order chi connectivity index (χ0) is 20.1. The Morgan fingerprint density at radius 2 is 2.07 bits per heavy atom. The van der Waals surface area contributed by atoms with Gasteiger partial charge in [0.15, 0.2) is 5.65 Å². The molecular formula is C20H27IN6O2. The maximum absolute atomic E-state index is 12.1. The van der Waals surface area contributed by atoms with Crippen molar-refractivity contribution in [3.8, 4) is 0 Å². The number of pyridine rings is 1. The molecule has 5 rings (SSSR count). The molecule has 9 heteroatoms. The summed E-state index contributed by atoms with van der Waals surface area (Å²) in [6.07, 6.45) is 4.04. The number of rotatable bonds is 3. The van der Waals surface area contributed by atoms with Crippen LogP contribution in [0.25, 0.3) is 11.0 Å². The molecular weight excluding hydrogens is 483 g/mol. The molecule has 5 heterocycles. The lowest BCUT2D eigenvalue weighted by Crippen LogP contribution is -2.47. The van der Waals surface area contributed by atoms with Gasteiger partial charge in [-0.3, -0.25) is 9.89 Å². The Hall–Kier alpha value is -1.62. The van der Waals surface area contributed by atoms with Crippen LogP contribution in [0.5, 0.6) is 0 Å². The number of nitrogens with zero attached hydrogens (tertiary/aromatic N) is 4. The van der Waals surface area contributed by atoms with Gasteiger partial charge < -0.3 is 19.9 Å². The summed E-state index contributed by atoms with van der Waals surface area (Å²) in [4.78, 5) is 22.0. The van der Waals surface area contributed by atoms with Gasteiger partial charge in [0.2, 0.25) is 5.91 Å². The summed E-state index contributed by atoms with van der Waals surface area (Å²) in [5.74, 6) is 1.24. The Labute approximate surface area is 183 Å². The fourth-order valence-corrected chi connectivity index (χ4v) is 5.93. The standard InChI is InChI=1S/C20H27IN6O2/c1-11-7-12(20(28)22-2)5-6-26(11)15-8-16(23-19-17(15)18(21)24-25-19)27-13-3-4-14(27)10-29-9-13/h8,11-14H,3-7,9-10H2,1-2H3,(H,22,28)(H,23,24,25). The van der Waals surface area contributed by atoms with Crippen LogP contribution in [0.2, 0.25) is 0 Å². The van der Waals surface area contributed by atoms with Crippen molar-refractivity contribution in [2.75, 3.05) is 36.6 Å². The fourth-order valence-electron chi connectivity index (χ4n) is 5.29. The van der Waals surface area contributed by atoms with Crippen LogP contribution in [0.1, 0.15) is 32.6 Å². The highest BCUT2D eigenvalue weighted by Gasteiger charge is 2.39. The molecule has 0 aliphatic carbocycles. The largest absolute Gasteiger partial charge is 0.377 e. The van der Waals surface area contributed by atoms with Crippen molar-refractivity contribution in [2.24, 2.45) is 5.92 Å². The number of piperidine rings is 1. The van der Waals surface area contributed by atoms with Crippen molar-refractivity contribution in [3.05, 3.63) is 9.77 Å². The highest BCUT2D eigenvalue weighted by molar-refractivity contribution is 14.1. The lowest BCUT2D eigenvalue weighted by atomic mass is 9.90. The van der Waals surface area contributed by atoms with E-state index in [9.17, 15) is 4.79 Å². The summed E-state index contributed by atoms with van der Waals surface area (Å²) in [6, 6.07) is 3.33. The van der Waals surface area contributed by atoms with Gasteiger partial charge in [-0.05, 0) is 55.2 Å². The van der Waals surface area contributed by atoms with Crippen LogP contribution in [0, 0.1) is 9.62 Å². The molecule has 4 atom stereocenters. The van der Waals surface area contributed by atoms with Gasteiger partial charge >= 0.3 is 0 Å². The molecule has 2 aromatic heterocycles. The van der Waals surface area contributed by atoms with Crippen molar-refractivity contribution in [2.45, 2.75) is 50.7 Å². The molecule has 4 unspecified atom stereocenters. The van der Waals surface area contributed by atoms with Crippen LogP contribution < -0.4 is 15.1 Å². The Morgan fingerprint density at radius 3 is 2.76 bits per heavy atom. The minimum atomic E-state index is 0.0848. The molecule has 3 aliphatic heterocycles. The monoisotopic (exact) mass is 510 g/mol. The van der Waals surface area contributed by atoms with Crippen LogP contribution in [0.4, 0.5) is 11.5 Å². The molecule has 29 heavy (non-hydrogen) atoms. The highest BCUT2D eigenvalue weighted by Crippen LogP contribution is 2.40. The summed E-state index contributed by atoms with van der Waals surface area (Å²) in [5, 5.41) is 11.5. The smallest absolute Gasteiger partial charge is 0.222 e. The third-order valence-corrected chi connectivity index (χ3v) is 7.53. The van der Waals surface area contributed by atoms with E-state index in [-0.39, 0.29) is 17.9 Å². The molecule has 1 amide bonds. The Bertz CT molecular complexity index is 917. The SMILES string of the molecule is CNC(=O)C1CCN(c2cc(N3C4CCC3COC4)nc3n[nH]c(I)c23)C(C)C1. The van der Waals surface area contributed by atoms with E-state index in [0.29, 0.717) is 12.1 Å². The molecule has 3 aliphatic rings. The molecule has 3 fully saturated rings. The Kier molecular flexibility index (Phi) is 5.05. The van der Waals surface area contributed by atoms with E-state index in [0.717, 1.165) is 66.0 Å². The van der Waals surface area contributed by atoms with Gasteiger partial charge in [-0.1, -0.05) is 0 Å². The summed E-state index contributed by atoms with van der Waals surface area (Å²) in [6.45, 7) is 4.62. The molecule has 2 bridgehead atoms. The number of aromatic amines is 1. The van der Waals surface area contributed by atoms with E-state index < -0.39 is 0 Å². The van der Waals surface area contributed by atoms with Crippen LogP contribution in [-0.4, -0.2) is 66.0 Å².